The van der Waals surface area contributed by atoms with Gasteiger partial charge in [0.05, 0.1) is 20.1 Å². The Labute approximate surface area is 98.4 Å². The third kappa shape index (κ3) is 3.21. The summed E-state index contributed by atoms with van der Waals surface area (Å²) in [6, 6.07) is 0. The fourth-order valence-corrected chi connectivity index (χ4v) is 2.97. The van der Waals surface area contributed by atoms with Crippen LogP contribution in [0.15, 0.2) is 0 Å². The lowest BCUT2D eigenvalue weighted by Gasteiger charge is -2.36. The zero-order chi connectivity index (χ0) is 11.4. The molecule has 1 heterocycles. The first-order valence-corrected chi connectivity index (χ1v) is 6.71. The van der Waals surface area contributed by atoms with Gasteiger partial charge in [0.1, 0.15) is 6.10 Å². The van der Waals surface area contributed by atoms with Crippen LogP contribution < -0.4 is 0 Å². The van der Waals surface area contributed by atoms with E-state index in [1.807, 2.05) is 0 Å². The molecule has 2 fully saturated rings. The minimum absolute atomic E-state index is 0.0244. The van der Waals surface area contributed by atoms with E-state index >= 15 is 0 Å². The topological polar surface area (TPSA) is 26.3 Å². The van der Waals surface area contributed by atoms with E-state index in [4.69, 9.17) is 4.74 Å². The SMILES string of the molecule is C[N+]1(CC(=O)OC2CCCC2)CCCCC1. The second-order valence-electron chi connectivity index (χ2n) is 5.68. The van der Waals surface area contributed by atoms with Crippen LogP contribution >= 0.6 is 0 Å². The van der Waals surface area contributed by atoms with Crippen molar-refractivity contribution in [2.45, 2.75) is 51.0 Å². The molecule has 3 heteroatoms. The first kappa shape index (κ1) is 11.9. The van der Waals surface area contributed by atoms with Gasteiger partial charge in [-0.05, 0) is 44.9 Å². The Bertz CT molecular complexity index is 240. The van der Waals surface area contributed by atoms with Gasteiger partial charge in [-0.25, -0.2) is 4.79 Å². The smallest absolute Gasteiger partial charge is 0.362 e. The lowest BCUT2D eigenvalue weighted by atomic mass is 10.1. The molecule has 2 rings (SSSR count). The van der Waals surface area contributed by atoms with E-state index in [1.54, 1.807) is 0 Å². The van der Waals surface area contributed by atoms with Crippen molar-refractivity contribution in [2.24, 2.45) is 0 Å². The van der Waals surface area contributed by atoms with Crippen molar-refractivity contribution < 1.29 is 14.0 Å². The van der Waals surface area contributed by atoms with E-state index in [-0.39, 0.29) is 12.1 Å². The number of ether oxygens (including phenoxy) is 1. The highest BCUT2D eigenvalue weighted by Gasteiger charge is 2.30. The van der Waals surface area contributed by atoms with Gasteiger partial charge in [0.2, 0.25) is 0 Å². The number of piperidine rings is 1. The normalized spacial score (nSPS) is 25.6. The van der Waals surface area contributed by atoms with Crippen molar-refractivity contribution in [3.63, 3.8) is 0 Å². The van der Waals surface area contributed by atoms with E-state index in [9.17, 15) is 4.79 Å². The van der Waals surface area contributed by atoms with Gasteiger partial charge >= 0.3 is 5.97 Å². The van der Waals surface area contributed by atoms with Gasteiger partial charge in [-0.15, -0.1) is 0 Å². The summed E-state index contributed by atoms with van der Waals surface area (Å²) in [5.41, 5.74) is 0. The molecule has 3 nitrogen and oxygen atoms in total. The number of hydrogen-bond donors (Lipinski definition) is 0. The molecule has 0 atom stereocenters. The van der Waals surface area contributed by atoms with Crippen LogP contribution in [0.3, 0.4) is 0 Å². The molecule has 0 aromatic rings. The number of likely N-dealkylation sites (tertiary alicyclic amines) is 1. The number of nitrogens with zero attached hydrogens (tertiary/aromatic N) is 1. The number of esters is 1. The highest BCUT2D eigenvalue weighted by molar-refractivity contribution is 5.70. The quantitative estimate of drug-likeness (QED) is 0.544. The van der Waals surface area contributed by atoms with Crippen LogP contribution in [0.4, 0.5) is 0 Å². The highest BCUT2D eigenvalue weighted by Crippen LogP contribution is 2.22. The number of likely N-dealkylation sites (N-methyl/N-ethyl adjacent to an activating group) is 1. The van der Waals surface area contributed by atoms with Gasteiger partial charge < -0.3 is 9.22 Å². The summed E-state index contributed by atoms with van der Waals surface area (Å²) in [5, 5.41) is 0. The lowest BCUT2D eigenvalue weighted by molar-refractivity contribution is -0.907. The summed E-state index contributed by atoms with van der Waals surface area (Å²) < 4.78 is 6.42. The Hall–Kier alpha value is -0.570. The van der Waals surface area contributed by atoms with Gasteiger partial charge in [0, 0.05) is 0 Å². The average Bonchev–Trinajstić information content (AvgIpc) is 2.70. The standard InChI is InChI=1S/C13H24NO2/c1-14(9-5-2-6-10-14)11-13(15)16-12-7-3-4-8-12/h12H,2-11H2,1H3/q+1. The van der Waals surface area contributed by atoms with E-state index in [0.29, 0.717) is 6.54 Å². The molecule has 0 unspecified atom stereocenters. The molecule has 1 aliphatic heterocycles. The minimum Gasteiger partial charge on any atom is -0.458 e. The molecular formula is C13H24NO2+. The van der Waals surface area contributed by atoms with Crippen molar-refractivity contribution in [2.75, 3.05) is 26.7 Å². The Morgan fingerprint density at radius 3 is 2.38 bits per heavy atom. The number of rotatable bonds is 3. The van der Waals surface area contributed by atoms with Crippen molar-refractivity contribution in [3.05, 3.63) is 0 Å². The van der Waals surface area contributed by atoms with E-state index in [1.165, 1.54) is 32.1 Å². The van der Waals surface area contributed by atoms with Crippen LogP contribution in [0, 0.1) is 0 Å². The summed E-state index contributed by atoms with van der Waals surface area (Å²) in [6.07, 6.45) is 8.68. The zero-order valence-corrected chi connectivity index (χ0v) is 10.4. The summed E-state index contributed by atoms with van der Waals surface area (Å²) >= 11 is 0. The summed E-state index contributed by atoms with van der Waals surface area (Å²) in [7, 11) is 2.19. The van der Waals surface area contributed by atoms with E-state index in [0.717, 1.165) is 30.4 Å². The molecule has 2 aliphatic rings. The van der Waals surface area contributed by atoms with Gasteiger partial charge in [-0.1, -0.05) is 0 Å². The number of carbonyl (C=O) groups is 1. The highest BCUT2D eigenvalue weighted by atomic mass is 16.5. The maximum Gasteiger partial charge on any atom is 0.362 e. The number of carbonyl (C=O) groups excluding carboxylic acids is 1. The Morgan fingerprint density at radius 1 is 1.12 bits per heavy atom. The van der Waals surface area contributed by atoms with Gasteiger partial charge in [0.15, 0.2) is 6.54 Å². The molecule has 0 bridgehead atoms. The molecule has 0 spiro atoms. The molecule has 1 saturated carbocycles. The van der Waals surface area contributed by atoms with E-state index < -0.39 is 0 Å². The molecule has 0 amide bonds. The van der Waals surface area contributed by atoms with Crippen LogP contribution in [0.5, 0.6) is 0 Å². The Morgan fingerprint density at radius 2 is 1.75 bits per heavy atom. The fourth-order valence-electron chi connectivity index (χ4n) is 2.97. The van der Waals surface area contributed by atoms with Crippen molar-refractivity contribution >= 4 is 5.97 Å². The van der Waals surface area contributed by atoms with Gasteiger partial charge in [-0.2, -0.15) is 0 Å². The second-order valence-corrected chi connectivity index (χ2v) is 5.68. The molecule has 1 aliphatic carbocycles. The monoisotopic (exact) mass is 226 g/mol. The Balaban J connectivity index is 1.76. The maximum atomic E-state index is 11.8. The minimum atomic E-state index is 0.0244. The summed E-state index contributed by atoms with van der Waals surface area (Å²) in [5.74, 6) is 0.0244. The maximum absolute atomic E-state index is 11.8. The largest absolute Gasteiger partial charge is 0.458 e. The molecular weight excluding hydrogens is 202 g/mol. The van der Waals surface area contributed by atoms with Crippen molar-refractivity contribution in [1.82, 2.24) is 0 Å². The first-order chi connectivity index (χ1) is 7.68. The van der Waals surface area contributed by atoms with Crippen LogP contribution in [0.2, 0.25) is 0 Å². The van der Waals surface area contributed by atoms with Gasteiger partial charge in [-0.3, -0.25) is 0 Å². The molecule has 0 radical (unpaired) electrons. The molecule has 92 valence electrons. The summed E-state index contributed by atoms with van der Waals surface area (Å²) in [4.78, 5) is 11.8. The van der Waals surface area contributed by atoms with E-state index in [2.05, 4.69) is 7.05 Å². The van der Waals surface area contributed by atoms with Crippen LogP contribution in [0.1, 0.15) is 44.9 Å². The predicted molar refractivity (Wildman–Crippen MR) is 63.0 cm³/mol. The molecule has 0 aromatic heterocycles. The number of hydrogen-bond acceptors (Lipinski definition) is 2. The molecule has 1 saturated heterocycles. The number of quaternary nitrogens is 1. The average molecular weight is 226 g/mol. The molecule has 0 N–H and O–H groups in total. The first-order valence-electron chi connectivity index (χ1n) is 6.71. The third-order valence-electron chi connectivity index (χ3n) is 4.01. The summed E-state index contributed by atoms with van der Waals surface area (Å²) in [6.45, 7) is 2.86. The van der Waals surface area contributed by atoms with Crippen molar-refractivity contribution in [1.29, 1.82) is 0 Å². The van der Waals surface area contributed by atoms with Crippen LogP contribution in [-0.2, 0) is 9.53 Å². The predicted octanol–water partition coefficient (Wildman–Crippen LogP) is 2.10. The second kappa shape index (κ2) is 5.17. The molecule has 0 aromatic carbocycles. The molecule has 16 heavy (non-hydrogen) atoms. The third-order valence-corrected chi connectivity index (χ3v) is 4.01. The van der Waals surface area contributed by atoms with Crippen molar-refractivity contribution in [3.8, 4) is 0 Å². The Kier molecular flexibility index (Phi) is 3.85. The fraction of sp³-hybridized carbons (Fsp3) is 0.923. The van der Waals surface area contributed by atoms with Gasteiger partial charge in [0.25, 0.3) is 0 Å². The van der Waals surface area contributed by atoms with Crippen LogP contribution in [0.25, 0.3) is 0 Å². The lowest BCUT2D eigenvalue weighted by Crippen LogP contribution is -2.51. The van der Waals surface area contributed by atoms with Crippen LogP contribution in [-0.4, -0.2) is 43.2 Å². The zero-order valence-electron chi connectivity index (χ0n) is 10.4.